The highest BCUT2D eigenvalue weighted by Crippen LogP contribution is 2.24. The van der Waals surface area contributed by atoms with E-state index in [2.05, 4.69) is 26.6 Å². The standard InChI is InChI=1S/C23H26BrN3O3S/c1-15(2)30-20-11-8-17(24)14-19(20)21(28)26-23(31)25-18-9-6-16(7-10-18)22(29)27-12-4-3-5-13-27/h6-11,14-15H,3-5,12-13H2,1-2H3,(H2,25,26,28,31). The summed E-state index contributed by atoms with van der Waals surface area (Å²) in [7, 11) is 0. The second-order valence-corrected chi connectivity index (χ2v) is 8.97. The minimum atomic E-state index is -0.369. The van der Waals surface area contributed by atoms with Crippen molar-refractivity contribution in [1.29, 1.82) is 0 Å². The molecule has 0 bridgehead atoms. The van der Waals surface area contributed by atoms with Crippen LogP contribution in [0.25, 0.3) is 0 Å². The molecule has 0 atom stereocenters. The first-order valence-corrected chi connectivity index (χ1v) is 11.5. The molecule has 3 rings (SSSR count). The van der Waals surface area contributed by atoms with Gasteiger partial charge >= 0.3 is 0 Å². The molecule has 0 spiro atoms. The molecular weight excluding hydrogens is 478 g/mol. The van der Waals surface area contributed by atoms with Crippen LogP contribution in [0, 0.1) is 0 Å². The average Bonchev–Trinajstić information content (AvgIpc) is 2.75. The highest BCUT2D eigenvalue weighted by atomic mass is 79.9. The monoisotopic (exact) mass is 503 g/mol. The Morgan fingerprint density at radius 1 is 1.06 bits per heavy atom. The number of hydrogen-bond acceptors (Lipinski definition) is 4. The summed E-state index contributed by atoms with van der Waals surface area (Å²) in [6.45, 7) is 5.42. The summed E-state index contributed by atoms with van der Waals surface area (Å²) in [6, 6.07) is 12.4. The third-order valence-corrected chi connectivity index (χ3v) is 5.51. The third kappa shape index (κ3) is 6.51. The van der Waals surface area contributed by atoms with Crippen molar-refractivity contribution in [1.82, 2.24) is 10.2 Å². The number of rotatable bonds is 5. The van der Waals surface area contributed by atoms with E-state index in [0.29, 0.717) is 22.6 Å². The Morgan fingerprint density at radius 3 is 2.39 bits per heavy atom. The van der Waals surface area contributed by atoms with Gasteiger partial charge in [-0.1, -0.05) is 15.9 Å². The number of thiocarbonyl (C=S) groups is 1. The van der Waals surface area contributed by atoms with Gasteiger partial charge in [0.25, 0.3) is 11.8 Å². The zero-order valence-electron chi connectivity index (χ0n) is 17.6. The molecule has 8 heteroatoms. The van der Waals surface area contributed by atoms with Crippen molar-refractivity contribution >= 4 is 50.8 Å². The van der Waals surface area contributed by atoms with E-state index in [4.69, 9.17) is 17.0 Å². The van der Waals surface area contributed by atoms with Crippen LogP contribution in [-0.4, -0.2) is 41.0 Å². The number of nitrogens with zero attached hydrogens (tertiary/aromatic N) is 1. The van der Waals surface area contributed by atoms with Gasteiger partial charge in [0.1, 0.15) is 5.75 Å². The van der Waals surface area contributed by atoms with E-state index >= 15 is 0 Å². The Balaban J connectivity index is 1.61. The van der Waals surface area contributed by atoms with Crippen LogP contribution in [0.2, 0.25) is 0 Å². The van der Waals surface area contributed by atoms with E-state index in [1.54, 1.807) is 36.4 Å². The van der Waals surface area contributed by atoms with Crippen molar-refractivity contribution < 1.29 is 14.3 Å². The highest BCUT2D eigenvalue weighted by molar-refractivity contribution is 9.10. The molecule has 6 nitrogen and oxygen atoms in total. The van der Waals surface area contributed by atoms with Crippen LogP contribution in [0.4, 0.5) is 5.69 Å². The zero-order chi connectivity index (χ0) is 22.4. The number of hydrogen-bond donors (Lipinski definition) is 2. The Labute approximate surface area is 196 Å². The summed E-state index contributed by atoms with van der Waals surface area (Å²) in [5.74, 6) is 0.167. The number of carbonyl (C=O) groups excluding carboxylic acids is 2. The molecule has 2 aromatic rings. The maximum absolute atomic E-state index is 12.7. The number of nitrogens with one attached hydrogen (secondary N) is 2. The van der Waals surface area contributed by atoms with Crippen molar-refractivity contribution in [2.75, 3.05) is 18.4 Å². The summed E-state index contributed by atoms with van der Waals surface area (Å²) < 4.78 is 6.49. The van der Waals surface area contributed by atoms with Gasteiger partial charge in [-0.3, -0.25) is 14.9 Å². The van der Waals surface area contributed by atoms with Crippen LogP contribution in [0.1, 0.15) is 53.8 Å². The lowest BCUT2D eigenvalue weighted by Crippen LogP contribution is -2.35. The van der Waals surface area contributed by atoms with Crippen LogP contribution in [0.3, 0.4) is 0 Å². The summed E-state index contributed by atoms with van der Waals surface area (Å²) in [6.07, 6.45) is 3.23. The lowest BCUT2D eigenvalue weighted by Gasteiger charge is -2.26. The van der Waals surface area contributed by atoms with Crippen LogP contribution in [-0.2, 0) is 0 Å². The fourth-order valence-corrected chi connectivity index (χ4v) is 3.92. The summed E-state index contributed by atoms with van der Waals surface area (Å²) in [5.41, 5.74) is 1.72. The van der Waals surface area contributed by atoms with Crippen molar-refractivity contribution in [2.24, 2.45) is 0 Å². The molecule has 0 radical (unpaired) electrons. The molecule has 2 amide bonds. The average molecular weight is 504 g/mol. The molecule has 1 aliphatic rings. The Hall–Kier alpha value is -2.45. The van der Waals surface area contributed by atoms with Crippen molar-refractivity contribution in [3.63, 3.8) is 0 Å². The number of likely N-dealkylation sites (tertiary alicyclic amines) is 1. The van der Waals surface area contributed by atoms with Gasteiger partial charge in [-0.05, 0) is 87.8 Å². The molecule has 1 aliphatic heterocycles. The van der Waals surface area contributed by atoms with Gasteiger partial charge < -0.3 is 15.0 Å². The van der Waals surface area contributed by atoms with Crippen molar-refractivity contribution in [3.05, 3.63) is 58.1 Å². The summed E-state index contributed by atoms with van der Waals surface area (Å²) in [5, 5.41) is 5.83. The quantitative estimate of drug-likeness (QED) is 0.562. The molecule has 0 aliphatic carbocycles. The Morgan fingerprint density at radius 2 is 1.74 bits per heavy atom. The van der Waals surface area contributed by atoms with E-state index < -0.39 is 0 Å². The molecule has 2 N–H and O–H groups in total. The van der Waals surface area contributed by atoms with Crippen molar-refractivity contribution in [3.8, 4) is 5.75 Å². The molecule has 31 heavy (non-hydrogen) atoms. The largest absolute Gasteiger partial charge is 0.490 e. The molecule has 1 saturated heterocycles. The summed E-state index contributed by atoms with van der Waals surface area (Å²) in [4.78, 5) is 27.2. The topological polar surface area (TPSA) is 70.7 Å². The molecule has 1 heterocycles. The normalized spacial score (nSPS) is 13.6. The molecule has 0 saturated carbocycles. The lowest BCUT2D eigenvalue weighted by atomic mass is 10.1. The number of carbonyl (C=O) groups is 2. The molecule has 164 valence electrons. The predicted molar refractivity (Wildman–Crippen MR) is 130 cm³/mol. The number of piperidine rings is 1. The smallest absolute Gasteiger partial charge is 0.261 e. The van der Waals surface area contributed by atoms with Gasteiger partial charge in [-0.2, -0.15) is 0 Å². The van der Waals surface area contributed by atoms with Crippen LogP contribution in [0.5, 0.6) is 5.75 Å². The van der Waals surface area contributed by atoms with E-state index in [-0.39, 0.29) is 23.0 Å². The Kier molecular flexibility index (Phi) is 8.03. The number of ether oxygens (including phenoxy) is 1. The minimum Gasteiger partial charge on any atom is -0.490 e. The number of amides is 2. The maximum atomic E-state index is 12.7. The fraction of sp³-hybridized carbons (Fsp3) is 0.348. The van der Waals surface area contributed by atoms with Gasteiger partial charge in [0, 0.05) is 28.8 Å². The van der Waals surface area contributed by atoms with E-state index in [1.165, 1.54) is 6.42 Å². The summed E-state index contributed by atoms with van der Waals surface area (Å²) >= 11 is 8.68. The minimum absolute atomic E-state index is 0.0504. The van der Waals surface area contributed by atoms with E-state index in [1.807, 2.05) is 24.8 Å². The SMILES string of the molecule is CC(C)Oc1ccc(Br)cc1C(=O)NC(=S)Nc1ccc(C(=O)N2CCCCC2)cc1. The third-order valence-electron chi connectivity index (χ3n) is 4.81. The van der Waals surface area contributed by atoms with Gasteiger partial charge in [0.2, 0.25) is 0 Å². The molecule has 0 aromatic heterocycles. The van der Waals surface area contributed by atoms with E-state index in [0.717, 1.165) is 30.4 Å². The van der Waals surface area contributed by atoms with Crippen molar-refractivity contribution in [2.45, 2.75) is 39.2 Å². The van der Waals surface area contributed by atoms with Gasteiger partial charge in [0.15, 0.2) is 5.11 Å². The van der Waals surface area contributed by atoms with Gasteiger partial charge in [-0.15, -0.1) is 0 Å². The first-order chi connectivity index (χ1) is 14.8. The van der Waals surface area contributed by atoms with Crippen LogP contribution in [0.15, 0.2) is 46.9 Å². The molecular formula is C23H26BrN3O3S. The number of anilines is 1. The lowest BCUT2D eigenvalue weighted by molar-refractivity contribution is 0.0724. The zero-order valence-corrected chi connectivity index (χ0v) is 20.0. The number of halogens is 1. The molecule has 0 unspecified atom stereocenters. The maximum Gasteiger partial charge on any atom is 0.261 e. The van der Waals surface area contributed by atoms with Gasteiger partial charge in [0.05, 0.1) is 11.7 Å². The highest BCUT2D eigenvalue weighted by Gasteiger charge is 2.18. The number of benzene rings is 2. The van der Waals surface area contributed by atoms with Crippen LogP contribution >= 0.6 is 28.1 Å². The first-order valence-electron chi connectivity index (χ1n) is 10.3. The molecule has 1 fully saturated rings. The Bertz CT molecular complexity index is 957. The van der Waals surface area contributed by atoms with Gasteiger partial charge in [-0.25, -0.2) is 0 Å². The second kappa shape index (κ2) is 10.7. The first kappa shape index (κ1) is 23.2. The fourth-order valence-electron chi connectivity index (χ4n) is 3.34. The van der Waals surface area contributed by atoms with Crippen LogP contribution < -0.4 is 15.4 Å². The van der Waals surface area contributed by atoms with E-state index in [9.17, 15) is 9.59 Å². The molecule has 2 aromatic carbocycles. The predicted octanol–water partition coefficient (Wildman–Crippen LogP) is 4.99. The second-order valence-electron chi connectivity index (χ2n) is 7.65.